The molecule has 0 spiro atoms. The third-order valence-corrected chi connectivity index (χ3v) is 8.06. The highest BCUT2D eigenvalue weighted by Crippen LogP contribution is 2.30. The Hall–Kier alpha value is -5.18. The summed E-state index contributed by atoms with van der Waals surface area (Å²) >= 11 is 1.49. The van der Waals surface area contributed by atoms with Crippen LogP contribution in [0.1, 0.15) is 44.8 Å². The van der Waals surface area contributed by atoms with Gasteiger partial charge in [0.25, 0.3) is 11.8 Å². The van der Waals surface area contributed by atoms with Gasteiger partial charge >= 0.3 is 0 Å². The number of nitrogens with one attached hydrogen (secondary N) is 1. The van der Waals surface area contributed by atoms with E-state index in [0.29, 0.717) is 43.6 Å². The van der Waals surface area contributed by atoms with E-state index in [1.165, 1.54) is 23.5 Å². The van der Waals surface area contributed by atoms with Gasteiger partial charge in [0, 0.05) is 24.1 Å². The Bertz CT molecular complexity index is 1770. The third-order valence-electron chi connectivity index (χ3n) is 7.27. The van der Waals surface area contributed by atoms with E-state index in [4.69, 9.17) is 23.5 Å². The lowest BCUT2D eigenvalue weighted by Crippen LogP contribution is -2.54. The van der Waals surface area contributed by atoms with E-state index in [1.54, 1.807) is 12.3 Å². The first kappa shape index (κ1) is 31.8. The maximum Gasteiger partial charge on any atom is 0.262 e. The summed E-state index contributed by atoms with van der Waals surface area (Å²) < 4.78 is 27.9. The van der Waals surface area contributed by atoms with Crippen LogP contribution in [-0.4, -0.2) is 84.4 Å². The van der Waals surface area contributed by atoms with Crippen molar-refractivity contribution < 1.29 is 42.6 Å². The van der Waals surface area contributed by atoms with Gasteiger partial charge in [-0.25, -0.2) is 4.98 Å². The van der Waals surface area contributed by atoms with Gasteiger partial charge in [-0.15, -0.1) is 11.3 Å². The minimum Gasteiger partial charge on any atom is -0.491 e. The number of piperidine rings is 1. The van der Waals surface area contributed by atoms with Crippen molar-refractivity contribution >= 4 is 47.1 Å². The van der Waals surface area contributed by atoms with Crippen LogP contribution in [0.2, 0.25) is 0 Å². The minimum atomic E-state index is -1.01. The maximum absolute atomic E-state index is 12.9. The Morgan fingerprint density at radius 3 is 2.28 bits per heavy atom. The van der Waals surface area contributed by atoms with Crippen molar-refractivity contribution in [3.05, 3.63) is 82.5 Å². The number of carbonyl (C=O) groups is 4. The van der Waals surface area contributed by atoms with Gasteiger partial charge in [-0.3, -0.25) is 29.4 Å². The van der Waals surface area contributed by atoms with Crippen molar-refractivity contribution in [1.82, 2.24) is 20.4 Å². The van der Waals surface area contributed by atoms with Gasteiger partial charge in [-0.2, -0.15) is 0 Å². The van der Waals surface area contributed by atoms with Gasteiger partial charge in [0.15, 0.2) is 10.8 Å². The number of imide groups is 2. The molecule has 0 saturated carbocycles. The number of hydrogen-bond donors (Lipinski definition) is 1. The molecule has 0 aliphatic carbocycles. The summed E-state index contributed by atoms with van der Waals surface area (Å²) in [7, 11) is 0. The molecule has 6 rings (SSSR count). The Kier molecular flexibility index (Phi) is 10.1. The van der Waals surface area contributed by atoms with Crippen molar-refractivity contribution in [3.63, 3.8) is 0 Å². The van der Waals surface area contributed by atoms with Gasteiger partial charge in [0.2, 0.25) is 11.8 Å². The zero-order valence-corrected chi connectivity index (χ0v) is 25.9. The summed E-state index contributed by atoms with van der Waals surface area (Å²) in [6, 6.07) is 13.1. The molecule has 2 aliphatic rings. The van der Waals surface area contributed by atoms with E-state index in [0.717, 1.165) is 21.2 Å². The fraction of sp³-hybridized carbons (Fsp3) is 0.273. The summed E-state index contributed by atoms with van der Waals surface area (Å²) in [6.45, 7) is 2.03. The number of fused-ring (bicyclic) bond motifs is 1. The van der Waals surface area contributed by atoms with Crippen LogP contribution in [0, 0.1) is 0 Å². The number of benzene rings is 2. The van der Waals surface area contributed by atoms with Crippen LogP contribution >= 0.6 is 11.3 Å². The molecule has 4 aromatic rings. The summed E-state index contributed by atoms with van der Waals surface area (Å²) in [5.41, 5.74) is 2.05. The molecule has 14 heteroatoms. The topological polar surface area (TPSA) is 159 Å². The number of amides is 4. The lowest BCUT2D eigenvalue weighted by Gasteiger charge is -2.27. The molecular weight excluding hydrogens is 628 g/mol. The zero-order valence-electron chi connectivity index (χ0n) is 25.1. The number of carbonyl (C=O) groups excluding carboxylic acids is 4. The number of rotatable bonds is 15. The summed E-state index contributed by atoms with van der Waals surface area (Å²) in [5.74, 6) is -0.453. The molecule has 0 radical (unpaired) electrons. The lowest BCUT2D eigenvalue weighted by atomic mass is 10.0. The fourth-order valence-electron chi connectivity index (χ4n) is 4.97. The molecule has 4 amide bonds. The molecule has 1 saturated heterocycles. The van der Waals surface area contributed by atoms with Crippen LogP contribution in [-0.2, 0) is 19.1 Å². The van der Waals surface area contributed by atoms with Gasteiger partial charge in [0.1, 0.15) is 36.4 Å². The lowest BCUT2D eigenvalue weighted by molar-refractivity contribution is -0.136. The highest BCUT2D eigenvalue weighted by Gasteiger charge is 2.44. The fourth-order valence-corrected chi connectivity index (χ4v) is 5.55. The zero-order chi connectivity index (χ0) is 32.6. The molecule has 13 nitrogen and oxygen atoms in total. The number of ether oxygens (including phenoxy) is 4. The second-order valence-corrected chi connectivity index (χ2v) is 11.3. The SMILES string of the molecule is O=C1CCC(N2C(=O)c3ccc(OCCOCCOCCOc4ccc(/C=C/c5cc(-c6nccs6)on5)cc4)cc3C2=O)C(=O)N1. The van der Waals surface area contributed by atoms with Crippen LogP contribution in [0.4, 0.5) is 0 Å². The van der Waals surface area contributed by atoms with Gasteiger partial charge in [-0.1, -0.05) is 23.4 Å². The molecule has 2 aromatic heterocycles. The molecule has 47 heavy (non-hydrogen) atoms. The first-order valence-electron chi connectivity index (χ1n) is 14.9. The molecule has 1 unspecified atom stereocenters. The number of thiazole rings is 1. The van der Waals surface area contributed by atoms with Crippen molar-refractivity contribution in [1.29, 1.82) is 0 Å². The van der Waals surface area contributed by atoms with Gasteiger partial charge in [0.05, 0.1) is 37.6 Å². The van der Waals surface area contributed by atoms with Crippen molar-refractivity contribution in [3.8, 4) is 22.3 Å². The minimum absolute atomic E-state index is 0.0633. The summed E-state index contributed by atoms with van der Waals surface area (Å²) in [6.07, 6.45) is 5.70. The van der Waals surface area contributed by atoms with Crippen molar-refractivity contribution in [2.75, 3.05) is 39.6 Å². The molecule has 1 fully saturated rings. The second-order valence-electron chi connectivity index (χ2n) is 10.4. The molecule has 0 bridgehead atoms. The molecule has 242 valence electrons. The molecule has 4 heterocycles. The third kappa shape index (κ3) is 7.80. The van der Waals surface area contributed by atoms with E-state index in [9.17, 15) is 19.2 Å². The maximum atomic E-state index is 12.9. The van der Waals surface area contributed by atoms with E-state index < -0.39 is 29.7 Å². The summed E-state index contributed by atoms with van der Waals surface area (Å²) in [4.78, 5) is 54.5. The molecule has 1 N–H and O–H groups in total. The number of hydrogen-bond acceptors (Lipinski definition) is 12. The quantitative estimate of drug-likeness (QED) is 0.146. The molecule has 2 aromatic carbocycles. The first-order valence-corrected chi connectivity index (χ1v) is 15.8. The average Bonchev–Trinajstić information content (AvgIpc) is 3.83. The van der Waals surface area contributed by atoms with Crippen molar-refractivity contribution in [2.24, 2.45) is 0 Å². The molecule has 1 atom stereocenters. The van der Waals surface area contributed by atoms with Crippen LogP contribution < -0.4 is 14.8 Å². The highest BCUT2D eigenvalue weighted by atomic mass is 32.1. The van der Waals surface area contributed by atoms with Crippen molar-refractivity contribution in [2.45, 2.75) is 18.9 Å². The Morgan fingerprint density at radius 1 is 0.851 bits per heavy atom. The van der Waals surface area contributed by atoms with E-state index in [2.05, 4.69) is 15.5 Å². The standard InChI is InChI=1S/C33H30N4O9S/c38-29-10-9-27(30(39)35-29)37-32(40)25-8-7-24(20-26(25)33(37)41)45-17-15-43-13-12-42-14-16-44-23-5-2-21(3-6-23)1-4-22-19-28(46-36-22)31-34-11-18-47-31/h1-8,11,18-20,27H,9-10,12-17H2,(H,35,38,39)/b4-1+. The van der Waals surface area contributed by atoms with E-state index in [1.807, 2.05) is 47.9 Å². The highest BCUT2D eigenvalue weighted by molar-refractivity contribution is 7.13. The second kappa shape index (κ2) is 14.9. The molecule has 2 aliphatic heterocycles. The molecular formula is C33H30N4O9S. The van der Waals surface area contributed by atoms with Gasteiger partial charge < -0.3 is 23.5 Å². The average molecular weight is 659 g/mol. The van der Waals surface area contributed by atoms with Crippen LogP contribution in [0.5, 0.6) is 11.5 Å². The van der Waals surface area contributed by atoms with Crippen LogP contribution in [0.15, 0.2) is 64.6 Å². The Labute approximate surface area is 273 Å². The van der Waals surface area contributed by atoms with Gasteiger partial charge in [-0.05, 0) is 48.4 Å². The smallest absolute Gasteiger partial charge is 0.262 e. The van der Waals surface area contributed by atoms with Crippen LogP contribution in [0.3, 0.4) is 0 Å². The number of aromatic nitrogens is 2. The first-order chi connectivity index (χ1) is 23.0. The number of nitrogens with zero attached hydrogens (tertiary/aromatic N) is 3. The Balaban J connectivity index is 0.832. The largest absolute Gasteiger partial charge is 0.491 e. The predicted molar refractivity (Wildman–Crippen MR) is 169 cm³/mol. The van der Waals surface area contributed by atoms with E-state index >= 15 is 0 Å². The monoisotopic (exact) mass is 658 g/mol. The van der Waals surface area contributed by atoms with E-state index in [-0.39, 0.29) is 37.2 Å². The van der Waals surface area contributed by atoms with Crippen LogP contribution in [0.25, 0.3) is 22.9 Å². The Morgan fingerprint density at radius 2 is 1.55 bits per heavy atom. The normalized spacial score (nSPS) is 16.2. The summed E-state index contributed by atoms with van der Waals surface area (Å²) in [5, 5.41) is 8.90. The predicted octanol–water partition coefficient (Wildman–Crippen LogP) is 3.86.